The fraction of sp³-hybridized carbons (Fsp3) is 0.474. The van der Waals surface area contributed by atoms with Gasteiger partial charge in [-0.05, 0) is 57.2 Å². The first kappa shape index (κ1) is 18.4. The van der Waals surface area contributed by atoms with Crippen LogP contribution in [0.15, 0.2) is 23.6 Å². The highest BCUT2D eigenvalue weighted by molar-refractivity contribution is 7.14. The molecule has 2 heterocycles. The highest BCUT2D eigenvalue weighted by Crippen LogP contribution is 2.58. The Labute approximate surface area is 158 Å². The van der Waals surface area contributed by atoms with Gasteiger partial charge in [-0.3, -0.25) is 4.79 Å². The standard InChI is InChI=1S/C19H23N3OS.ClH/c1-12-3-4-14(13(2)9-12)16-11-24-18(21-16)22-17(23)15-10-19(15)5-7-20-8-6-19;/h3-4,9,11,15,20H,5-8,10H2,1-2H3,(H,21,22,23);1H. The number of halogens is 1. The van der Waals surface area contributed by atoms with Crippen LogP contribution in [-0.4, -0.2) is 24.0 Å². The number of nitrogens with one attached hydrogen (secondary N) is 2. The lowest BCUT2D eigenvalue weighted by molar-refractivity contribution is -0.118. The molecule has 1 aromatic carbocycles. The summed E-state index contributed by atoms with van der Waals surface area (Å²) in [7, 11) is 0. The van der Waals surface area contributed by atoms with Crippen molar-refractivity contribution in [3.05, 3.63) is 34.7 Å². The number of benzene rings is 1. The zero-order valence-electron chi connectivity index (χ0n) is 14.6. The molecular formula is C19H24ClN3OS. The number of hydrogen-bond acceptors (Lipinski definition) is 4. The second kappa shape index (κ2) is 7.06. The Hall–Kier alpha value is -1.43. The van der Waals surface area contributed by atoms with Gasteiger partial charge >= 0.3 is 0 Å². The van der Waals surface area contributed by atoms with Gasteiger partial charge in [-0.2, -0.15) is 0 Å². The number of amides is 1. The van der Waals surface area contributed by atoms with E-state index < -0.39 is 0 Å². The van der Waals surface area contributed by atoms with E-state index in [-0.39, 0.29) is 29.6 Å². The van der Waals surface area contributed by atoms with Gasteiger partial charge in [-0.15, -0.1) is 23.7 Å². The molecule has 4 nitrogen and oxygen atoms in total. The lowest BCUT2D eigenvalue weighted by atomic mass is 9.92. The number of anilines is 1. The first-order chi connectivity index (χ1) is 11.6. The summed E-state index contributed by atoms with van der Waals surface area (Å²) in [4.78, 5) is 17.2. The van der Waals surface area contributed by atoms with Crippen molar-refractivity contribution < 1.29 is 4.79 Å². The maximum Gasteiger partial charge on any atom is 0.229 e. The quantitative estimate of drug-likeness (QED) is 0.843. The molecule has 1 aliphatic heterocycles. The van der Waals surface area contributed by atoms with Crippen molar-refractivity contribution in [3.8, 4) is 11.3 Å². The molecule has 1 aliphatic carbocycles. The second-order valence-corrected chi connectivity index (χ2v) is 8.07. The smallest absolute Gasteiger partial charge is 0.229 e. The van der Waals surface area contributed by atoms with Crippen LogP contribution >= 0.6 is 23.7 Å². The Morgan fingerprint density at radius 2 is 2.08 bits per heavy atom. The molecule has 0 radical (unpaired) electrons. The van der Waals surface area contributed by atoms with Gasteiger partial charge in [0.05, 0.1) is 5.69 Å². The van der Waals surface area contributed by atoms with Gasteiger partial charge in [0.25, 0.3) is 0 Å². The lowest BCUT2D eigenvalue weighted by Gasteiger charge is -2.22. The number of aromatic nitrogens is 1. The highest BCUT2D eigenvalue weighted by atomic mass is 35.5. The van der Waals surface area contributed by atoms with Crippen molar-refractivity contribution in [3.63, 3.8) is 0 Å². The van der Waals surface area contributed by atoms with Gasteiger partial charge in [-0.25, -0.2) is 4.98 Å². The summed E-state index contributed by atoms with van der Waals surface area (Å²) < 4.78 is 0. The van der Waals surface area contributed by atoms with E-state index >= 15 is 0 Å². The fourth-order valence-corrected chi connectivity index (χ4v) is 4.66. The molecule has 25 heavy (non-hydrogen) atoms. The number of thiazole rings is 1. The van der Waals surface area contributed by atoms with Crippen molar-refractivity contribution in [2.24, 2.45) is 11.3 Å². The zero-order chi connectivity index (χ0) is 16.7. The summed E-state index contributed by atoms with van der Waals surface area (Å²) in [6.07, 6.45) is 3.28. The Balaban J connectivity index is 0.00000182. The van der Waals surface area contributed by atoms with Crippen LogP contribution in [0.25, 0.3) is 11.3 Å². The highest BCUT2D eigenvalue weighted by Gasteiger charge is 2.57. The molecule has 2 aromatic rings. The Morgan fingerprint density at radius 1 is 1.32 bits per heavy atom. The molecule has 1 spiro atoms. The molecule has 1 unspecified atom stereocenters. The SMILES string of the molecule is Cc1ccc(-c2csc(NC(=O)C3CC34CCNCC4)n2)c(C)c1.Cl. The Bertz CT molecular complexity index is 783. The molecular weight excluding hydrogens is 354 g/mol. The summed E-state index contributed by atoms with van der Waals surface area (Å²) >= 11 is 1.51. The number of aryl methyl sites for hydroxylation is 2. The van der Waals surface area contributed by atoms with E-state index in [9.17, 15) is 4.79 Å². The number of carbonyl (C=O) groups excluding carboxylic acids is 1. The Kier molecular flexibility index (Phi) is 5.19. The third-order valence-corrected chi connectivity index (χ3v) is 6.26. The molecule has 2 fully saturated rings. The average molecular weight is 378 g/mol. The lowest BCUT2D eigenvalue weighted by Crippen LogP contribution is -2.31. The Morgan fingerprint density at radius 3 is 2.80 bits per heavy atom. The predicted molar refractivity (Wildman–Crippen MR) is 106 cm³/mol. The molecule has 1 saturated carbocycles. The molecule has 1 saturated heterocycles. The minimum absolute atomic E-state index is 0. The second-order valence-electron chi connectivity index (χ2n) is 7.21. The molecule has 0 bridgehead atoms. The van der Waals surface area contributed by atoms with Gasteiger partial charge in [0.15, 0.2) is 5.13 Å². The van der Waals surface area contributed by atoms with Crippen molar-refractivity contribution in [1.82, 2.24) is 10.3 Å². The monoisotopic (exact) mass is 377 g/mol. The number of hydrogen-bond donors (Lipinski definition) is 2. The molecule has 2 aliphatic rings. The van der Waals surface area contributed by atoms with Crippen LogP contribution in [0, 0.1) is 25.2 Å². The van der Waals surface area contributed by atoms with Crippen molar-refractivity contribution in [1.29, 1.82) is 0 Å². The summed E-state index contributed by atoms with van der Waals surface area (Å²) in [5.74, 6) is 0.325. The fourth-order valence-electron chi connectivity index (χ4n) is 3.94. The predicted octanol–water partition coefficient (Wildman–Crippen LogP) is 4.18. The normalized spacial score (nSPS) is 20.8. The van der Waals surface area contributed by atoms with E-state index in [0.717, 1.165) is 43.6 Å². The minimum Gasteiger partial charge on any atom is -0.317 e. The minimum atomic E-state index is 0. The van der Waals surface area contributed by atoms with Crippen LogP contribution in [0.4, 0.5) is 5.13 Å². The van der Waals surface area contributed by atoms with E-state index in [2.05, 4.69) is 47.7 Å². The van der Waals surface area contributed by atoms with Crippen LogP contribution in [0.3, 0.4) is 0 Å². The number of carbonyl (C=O) groups is 1. The van der Waals surface area contributed by atoms with Crippen LogP contribution < -0.4 is 10.6 Å². The van der Waals surface area contributed by atoms with Crippen molar-refractivity contribution in [2.75, 3.05) is 18.4 Å². The first-order valence-corrected chi connectivity index (χ1v) is 9.50. The third-order valence-electron chi connectivity index (χ3n) is 5.50. The van der Waals surface area contributed by atoms with Crippen molar-refractivity contribution >= 4 is 34.8 Å². The van der Waals surface area contributed by atoms with Gasteiger partial charge in [0.1, 0.15) is 0 Å². The maximum atomic E-state index is 12.5. The van der Waals surface area contributed by atoms with Gasteiger partial charge in [0, 0.05) is 16.9 Å². The summed E-state index contributed by atoms with van der Waals surface area (Å²) in [6.45, 7) is 6.27. The van der Waals surface area contributed by atoms with E-state index in [1.165, 1.54) is 22.5 Å². The third kappa shape index (κ3) is 3.59. The molecule has 134 valence electrons. The summed E-state index contributed by atoms with van der Waals surface area (Å²) in [5.41, 5.74) is 4.82. The van der Waals surface area contributed by atoms with E-state index in [1.54, 1.807) is 0 Å². The van der Waals surface area contributed by atoms with E-state index in [1.807, 2.05) is 5.38 Å². The van der Waals surface area contributed by atoms with Crippen LogP contribution in [0.2, 0.25) is 0 Å². The molecule has 1 aromatic heterocycles. The molecule has 1 amide bonds. The van der Waals surface area contributed by atoms with E-state index in [4.69, 9.17) is 0 Å². The van der Waals surface area contributed by atoms with Crippen LogP contribution in [-0.2, 0) is 4.79 Å². The first-order valence-electron chi connectivity index (χ1n) is 8.62. The van der Waals surface area contributed by atoms with Gasteiger partial charge in [-0.1, -0.05) is 23.8 Å². The van der Waals surface area contributed by atoms with Crippen molar-refractivity contribution in [2.45, 2.75) is 33.1 Å². The largest absolute Gasteiger partial charge is 0.317 e. The molecule has 1 atom stereocenters. The molecule has 2 N–H and O–H groups in total. The van der Waals surface area contributed by atoms with Crippen LogP contribution in [0.1, 0.15) is 30.4 Å². The zero-order valence-corrected chi connectivity index (χ0v) is 16.2. The summed E-state index contributed by atoms with van der Waals surface area (Å²) in [6, 6.07) is 6.37. The summed E-state index contributed by atoms with van der Waals surface area (Å²) in [5, 5.41) is 9.16. The average Bonchev–Trinajstić information content (AvgIpc) is 3.04. The maximum absolute atomic E-state index is 12.5. The topological polar surface area (TPSA) is 54.0 Å². The molecule has 6 heteroatoms. The number of piperidine rings is 1. The number of nitrogens with zero attached hydrogens (tertiary/aromatic N) is 1. The van der Waals surface area contributed by atoms with Gasteiger partial charge in [0.2, 0.25) is 5.91 Å². The van der Waals surface area contributed by atoms with E-state index in [0.29, 0.717) is 5.13 Å². The molecule has 4 rings (SSSR count). The van der Waals surface area contributed by atoms with Gasteiger partial charge < -0.3 is 10.6 Å². The number of rotatable bonds is 3. The van der Waals surface area contributed by atoms with Crippen LogP contribution in [0.5, 0.6) is 0 Å².